The molecule has 16 heavy (non-hydrogen) atoms. The fraction of sp³-hybridized carbons (Fsp3) is 1.00. The van der Waals surface area contributed by atoms with Crippen molar-refractivity contribution in [1.82, 2.24) is 0 Å². The molecule has 0 radical (unpaired) electrons. The molecule has 0 rings (SSSR count). The highest BCUT2D eigenvalue weighted by atomic mass is 32.2. The maximum atomic E-state index is 2.31. The van der Waals surface area contributed by atoms with Crippen LogP contribution in [0, 0.1) is 0 Å². The Balaban J connectivity index is 3.43. The SMILES string of the molecule is CCCSC(CCC)CCCCSC(C)C. The second-order valence-electron chi connectivity index (χ2n) is 4.70. The first-order valence-electron chi connectivity index (χ1n) is 6.93. The Kier molecular flexibility index (Phi) is 12.7. The average molecular weight is 263 g/mol. The van der Waals surface area contributed by atoms with E-state index in [0.29, 0.717) is 0 Å². The summed E-state index contributed by atoms with van der Waals surface area (Å²) in [4.78, 5) is 0. The average Bonchev–Trinajstić information content (AvgIpc) is 2.24. The lowest BCUT2D eigenvalue weighted by Gasteiger charge is -2.15. The zero-order valence-electron chi connectivity index (χ0n) is 11.6. The van der Waals surface area contributed by atoms with Gasteiger partial charge >= 0.3 is 0 Å². The highest BCUT2D eigenvalue weighted by molar-refractivity contribution is 8.00. The summed E-state index contributed by atoms with van der Waals surface area (Å²) in [7, 11) is 0. The van der Waals surface area contributed by atoms with Crippen LogP contribution in [0.3, 0.4) is 0 Å². The number of unbranched alkanes of at least 4 members (excludes halogenated alkanes) is 1. The van der Waals surface area contributed by atoms with Gasteiger partial charge in [0, 0.05) is 5.25 Å². The standard InChI is InChI=1S/C14H30S2/c1-5-9-14(16-11-6-2)10-7-8-12-15-13(3)4/h13-14H,5-12H2,1-4H3. The summed E-state index contributed by atoms with van der Waals surface area (Å²) < 4.78 is 0. The van der Waals surface area contributed by atoms with Crippen LogP contribution in [0.15, 0.2) is 0 Å². The van der Waals surface area contributed by atoms with E-state index in [1.54, 1.807) is 0 Å². The van der Waals surface area contributed by atoms with Crippen molar-refractivity contribution in [3.63, 3.8) is 0 Å². The van der Waals surface area contributed by atoms with Gasteiger partial charge in [0.2, 0.25) is 0 Å². The van der Waals surface area contributed by atoms with Crippen molar-refractivity contribution in [1.29, 1.82) is 0 Å². The number of thioether (sulfide) groups is 2. The molecule has 0 nitrogen and oxygen atoms in total. The van der Waals surface area contributed by atoms with Gasteiger partial charge in [-0.25, -0.2) is 0 Å². The van der Waals surface area contributed by atoms with Crippen LogP contribution < -0.4 is 0 Å². The molecular formula is C14H30S2. The zero-order chi connectivity index (χ0) is 12.2. The largest absolute Gasteiger partial charge is 0.159 e. The second-order valence-corrected chi connectivity index (χ2v) is 7.79. The maximum absolute atomic E-state index is 2.31. The van der Waals surface area contributed by atoms with Gasteiger partial charge in [0.15, 0.2) is 0 Å². The molecule has 0 bridgehead atoms. The molecule has 0 fully saturated rings. The zero-order valence-corrected chi connectivity index (χ0v) is 13.3. The molecule has 0 N–H and O–H groups in total. The van der Waals surface area contributed by atoms with E-state index in [1.165, 1.54) is 50.0 Å². The molecule has 0 spiro atoms. The summed E-state index contributed by atoms with van der Waals surface area (Å²) in [5.74, 6) is 2.71. The lowest BCUT2D eigenvalue weighted by Crippen LogP contribution is -2.03. The molecule has 0 aromatic rings. The Bertz CT molecular complexity index is 135. The van der Waals surface area contributed by atoms with E-state index in [-0.39, 0.29) is 0 Å². The van der Waals surface area contributed by atoms with Crippen LogP contribution in [-0.4, -0.2) is 22.0 Å². The summed E-state index contributed by atoms with van der Waals surface area (Å²) >= 11 is 4.31. The van der Waals surface area contributed by atoms with Crippen LogP contribution in [0.5, 0.6) is 0 Å². The third-order valence-corrected chi connectivity index (χ3v) is 5.32. The molecule has 0 heterocycles. The number of hydrogen-bond donors (Lipinski definition) is 0. The van der Waals surface area contributed by atoms with Crippen LogP contribution >= 0.6 is 23.5 Å². The monoisotopic (exact) mass is 262 g/mol. The van der Waals surface area contributed by atoms with Crippen molar-refractivity contribution in [3.8, 4) is 0 Å². The summed E-state index contributed by atoms with van der Waals surface area (Å²) in [5, 5.41) is 1.75. The van der Waals surface area contributed by atoms with Gasteiger partial charge in [0.05, 0.1) is 0 Å². The van der Waals surface area contributed by atoms with Crippen molar-refractivity contribution in [3.05, 3.63) is 0 Å². The van der Waals surface area contributed by atoms with E-state index in [1.807, 2.05) is 0 Å². The molecule has 0 aliphatic heterocycles. The predicted molar refractivity (Wildman–Crippen MR) is 82.9 cm³/mol. The highest BCUT2D eigenvalue weighted by Crippen LogP contribution is 2.23. The first-order valence-corrected chi connectivity index (χ1v) is 9.03. The summed E-state index contributed by atoms with van der Waals surface area (Å²) in [6.07, 6.45) is 8.38. The molecule has 1 atom stereocenters. The van der Waals surface area contributed by atoms with Gasteiger partial charge in [-0.05, 0) is 42.4 Å². The van der Waals surface area contributed by atoms with Gasteiger partial charge < -0.3 is 0 Å². The molecular weight excluding hydrogens is 232 g/mol. The first kappa shape index (κ1) is 16.7. The Labute approximate surface area is 112 Å². The number of rotatable bonds is 11. The van der Waals surface area contributed by atoms with Gasteiger partial charge in [0.1, 0.15) is 0 Å². The van der Waals surface area contributed by atoms with E-state index < -0.39 is 0 Å². The second kappa shape index (κ2) is 12.2. The predicted octanol–water partition coefficient (Wildman–Crippen LogP) is 5.61. The summed E-state index contributed by atoms with van der Waals surface area (Å²) in [5.41, 5.74) is 0. The van der Waals surface area contributed by atoms with Crippen molar-refractivity contribution < 1.29 is 0 Å². The smallest absolute Gasteiger partial charge is 0.00469 e. The quantitative estimate of drug-likeness (QED) is 0.444. The Hall–Kier alpha value is 0.700. The normalized spacial score (nSPS) is 13.3. The van der Waals surface area contributed by atoms with E-state index >= 15 is 0 Å². The summed E-state index contributed by atoms with van der Waals surface area (Å²) in [6, 6.07) is 0. The molecule has 0 amide bonds. The Morgan fingerprint density at radius 1 is 0.812 bits per heavy atom. The van der Waals surface area contributed by atoms with E-state index in [0.717, 1.165) is 10.5 Å². The minimum atomic E-state index is 0.806. The van der Waals surface area contributed by atoms with Crippen LogP contribution in [0.2, 0.25) is 0 Å². The van der Waals surface area contributed by atoms with Crippen LogP contribution in [0.4, 0.5) is 0 Å². The van der Waals surface area contributed by atoms with Crippen molar-refractivity contribution in [2.75, 3.05) is 11.5 Å². The first-order chi connectivity index (χ1) is 7.70. The van der Waals surface area contributed by atoms with Gasteiger partial charge in [-0.2, -0.15) is 23.5 Å². The third-order valence-electron chi connectivity index (χ3n) is 2.54. The molecule has 0 aromatic carbocycles. The topological polar surface area (TPSA) is 0 Å². The maximum Gasteiger partial charge on any atom is 0.00469 e. The summed E-state index contributed by atoms with van der Waals surface area (Å²) in [6.45, 7) is 9.19. The highest BCUT2D eigenvalue weighted by Gasteiger charge is 2.07. The molecule has 0 saturated carbocycles. The van der Waals surface area contributed by atoms with E-state index in [4.69, 9.17) is 0 Å². The lowest BCUT2D eigenvalue weighted by atomic mass is 10.1. The lowest BCUT2D eigenvalue weighted by molar-refractivity contribution is 0.641. The van der Waals surface area contributed by atoms with Crippen molar-refractivity contribution in [2.45, 2.75) is 76.7 Å². The van der Waals surface area contributed by atoms with Crippen molar-refractivity contribution in [2.24, 2.45) is 0 Å². The van der Waals surface area contributed by atoms with E-state index in [2.05, 4.69) is 51.2 Å². The molecule has 98 valence electrons. The van der Waals surface area contributed by atoms with Crippen LogP contribution in [0.1, 0.15) is 66.2 Å². The minimum absolute atomic E-state index is 0.806. The third kappa shape index (κ3) is 11.2. The van der Waals surface area contributed by atoms with Gasteiger partial charge in [0.25, 0.3) is 0 Å². The molecule has 1 unspecified atom stereocenters. The van der Waals surface area contributed by atoms with Gasteiger partial charge in [-0.1, -0.05) is 40.5 Å². The molecule has 0 aliphatic rings. The van der Waals surface area contributed by atoms with Crippen LogP contribution in [-0.2, 0) is 0 Å². The molecule has 2 heteroatoms. The Morgan fingerprint density at radius 3 is 2.12 bits per heavy atom. The van der Waals surface area contributed by atoms with Gasteiger partial charge in [-0.3, -0.25) is 0 Å². The number of hydrogen-bond acceptors (Lipinski definition) is 2. The fourth-order valence-electron chi connectivity index (χ4n) is 1.71. The van der Waals surface area contributed by atoms with Crippen LogP contribution in [0.25, 0.3) is 0 Å². The Morgan fingerprint density at radius 2 is 1.56 bits per heavy atom. The molecule has 0 aliphatic carbocycles. The molecule has 0 aromatic heterocycles. The molecule has 0 saturated heterocycles. The van der Waals surface area contributed by atoms with E-state index in [9.17, 15) is 0 Å². The fourth-order valence-corrected chi connectivity index (χ4v) is 3.86. The van der Waals surface area contributed by atoms with Gasteiger partial charge in [-0.15, -0.1) is 0 Å². The minimum Gasteiger partial charge on any atom is -0.159 e. The van der Waals surface area contributed by atoms with Crippen molar-refractivity contribution >= 4 is 23.5 Å².